The Morgan fingerprint density at radius 2 is 1.94 bits per heavy atom. The summed E-state index contributed by atoms with van der Waals surface area (Å²) in [6, 6.07) is 21.0. The van der Waals surface area contributed by atoms with Gasteiger partial charge in [0.2, 0.25) is 0 Å². The van der Waals surface area contributed by atoms with E-state index in [1.807, 2.05) is 67.6 Å². The number of nitrogens with zero attached hydrogens (tertiary/aromatic N) is 2. The number of ether oxygens (including phenoxy) is 2. The summed E-state index contributed by atoms with van der Waals surface area (Å²) in [7, 11) is 1.61. The first-order valence-electron chi connectivity index (χ1n) is 9.87. The third kappa shape index (κ3) is 4.40. The summed E-state index contributed by atoms with van der Waals surface area (Å²) in [6.07, 6.45) is 1.57. The number of benzene rings is 3. The zero-order valence-electron chi connectivity index (χ0n) is 17.3. The van der Waals surface area contributed by atoms with Crippen molar-refractivity contribution < 1.29 is 14.3 Å². The van der Waals surface area contributed by atoms with E-state index in [-0.39, 0.29) is 5.91 Å². The van der Waals surface area contributed by atoms with Crippen molar-refractivity contribution in [1.29, 1.82) is 0 Å². The number of hydrazone groups is 1. The highest BCUT2D eigenvalue weighted by Crippen LogP contribution is 2.36. The van der Waals surface area contributed by atoms with E-state index in [2.05, 4.69) is 20.7 Å². The molecule has 0 atom stereocenters. The van der Waals surface area contributed by atoms with Crippen LogP contribution in [0.25, 0.3) is 22.0 Å². The van der Waals surface area contributed by atoms with Crippen LogP contribution in [0.2, 0.25) is 0 Å². The summed E-state index contributed by atoms with van der Waals surface area (Å²) in [5, 5.41) is 13.2. The second-order valence-corrected chi connectivity index (χ2v) is 6.73. The lowest BCUT2D eigenvalue weighted by molar-refractivity contribution is 0.0950. The lowest BCUT2D eigenvalue weighted by Crippen LogP contribution is -2.17. The van der Waals surface area contributed by atoms with Gasteiger partial charge >= 0.3 is 0 Å². The van der Waals surface area contributed by atoms with Crippen molar-refractivity contribution in [3.63, 3.8) is 0 Å². The van der Waals surface area contributed by atoms with Crippen LogP contribution >= 0.6 is 0 Å². The van der Waals surface area contributed by atoms with E-state index in [0.717, 1.165) is 27.6 Å². The number of nitrogens with one attached hydrogen (secondary N) is 2. The Balaban J connectivity index is 1.51. The van der Waals surface area contributed by atoms with E-state index in [9.17, 15) is 4.79 Å². The van der Waals surface area contributed by atoms with E-state index in [4.69, 9.17) is 9.47 Å². The summed E-state index contributed by atoms with van der Waals surface area (Å²) in [5.74, 6) is 1.09. The standard InChI is InChI=1S/C24H22N4O3/c1-3-31-18-11-8-16(9-12-18)15-25-28-24(29)21-14-20(26-27-21)23-19-7-5-4-6-17(19)10-13-22(23)30-2/h4-15H,3H2,1-2H3,(H,26,27)(H,28,29). The van der Waals surface area contributed by atoms with Gasteiger partial charge in [0.25, 0.3) is 5.91 Å². The average molecular weight is 414 g/mol. The van der Waals surface area contributed by atoms with Crippen molar-refractivity contribution in [1.82, 2.24) is 15.6 Å². The van der Waals surface area contributed by atoms with Crippen LogP contribution in [0.15, 0.2) is 71.8 Å². The molecule has 0 radical (unpaired) electrons. The van der Waals surface area contributed by atoms with Gasteiger partial charge in [0.1, 0.15) is 17.2 Å². The molecule has 4 rings (SSSR count). The minimum absolute atomic E-state index is 0.300. The number of rotatable bonds is 7. The van der Waals surface area contributed by atoms with Crippen molar-refractivity contribution in [2.24, 2.45) is 5.10 Å². The average Bonchev–Trinajstić information content (AvgIpc) is 3.29. The number of hydrogen-bond donors (Lipinski definition) is 2. The summed E-state index contributed by atoms with van der Waals surface area (Å²) in [4.78, 5) is 12.5. The number of fused-ring (bicyclic) bond motifs is 1. The molecule has 7 nitrogen and oxygen atoms in total. The highest BCUT2D eigenvalue weighted by atomic mass is 16.5. The molecule has 156 valence electrons. The summed E-state index contributed by atoms with van der Waals surface area (Å²) in [5.41, 5.74) is 5.10. The molecule has 0 spiro atoms. The molecule has 3 aromatic carbocycles. The third-order valence-corrected chi connectivity index (χ3v) is 4.76. The summed E-state index contributed by atoms with van der Waals surface area (Å²) in [6.45, 7) is 2.54. The second kappa shape index (κ2) is 9.13. The SMILES string of the molecule is CCOc1ccc(C=NNC(=O)c2cc(-c3c(OC)ccc4ccccc34)n[nH]2)cc1. The van der Waals surface area contributed by atoms with E-state index in [1.54, 1.807) is 19.4 Å². The van der Waals surface area contributed by atoms with Crippen molar-refractivity contribution in [2.45, 2.75) is 6.92 Å². The highest BCUT2D eigenvalue weighted by Gasteiger charge is 2.16. The molecular formula is C24H22N4O3. The van der Waals surface area contributed by atoms with Crippen LogP contribution in [-0.4, -0.2) is 36.0 Å². The largest absolute Gasteiger partial charge is 0.496 e. The van der Waals surface area contributed by atoms with Gasteiger partial charge in [0, 0.05) is 0 Å². The molecule has 1 heterocycles. The molecule has 1 aromatic heterocycles. The van der Waals surface area contributed by atoms with Gasteiger partial charge in [0.05, 0.1) is 31.2 Å². The molecule has 0 saturated carbocycles. The highest BCUT2D eigenvalue weighted by molar-refractivity contribution is 6.00. The molecular weight excluding hydrogens is 392 g/mol. The van der Waals surface area contributed by atoms with Crippen LogP contribution in [0.3, 0.4) is 0 Å². The van der Waals surface area contributed by atoms with Crippen LogP contribution in [-0.2, 0) is 0 Å². The lowest BCUT2D eigenvalue weighted by atomic mass is 10.0. The van der Waals surface area contributed by atoms with Crippen molar-refractivity contribution in [3.8, 4) is 22.8 Å². The fourth-order valence-corrected chi connectivity index (χ4v) is 3.29. The molecule has 0 bridgehead atoms. The van der Waals surface area contributed by atoms with E-state index in [1.165, 1.54) is 0 Å². The van der Waals surface area contributed by atoms with Crippen molar-refractivity contribution in [3.05, 3.63) is 78.0 Å². The Morgan fingerprint density at radius 1 is 1.13 bits per heavy atom. The minimum Gasteiger partial charge on any atom is -0.496 e. The van der Waals surface area contributed by atoms with Gasteiger partial charge in [0.15, 0.2) is 0 Å². The lowest BCUT2D eigenvalue weighted by Gasteiger charge is -2.09. The van der Waals surface area contributed by atoms with Crippen molar-refractivity contribution in [2.75, 3.05) is 13.7 Å². The zero-order valence-corrected chi connectivity index (χ0v) is 17.3. The van der Waals surface area contributed by atoms with Gasteiger partial charge in [-0.2, -0.15) is 10.2 Å². The molecule has 0 saturated heterocycles. The molecule has 0 fully saturated rings. The number of carbonyl (C=O) groups excluding carboxylic acids is 1. The molecule has 2 N–H and O–H groups in total. The van der Waals surface area contributed by atoms with E-state index in [0.29, 0.717) is 23.7 Å². The van der Waals surface area contributed by atoms with Crippen molar-refractivity contribution >= 4 is 22.9 Å². The van der Waals surface area contributed by atoms with E-state index < -0.39 is 0 Å². The fraction of sp³-hybridized carbons (Fsp3) is 0.125. The van der Waals surface area contributed by atoms with Gasteiger partial charge in [-0.15, -0.1) is 0 Å². The first-order valence-corrected chi connectivity index (χ1v) is 9.87. The molecule has 31 heavy (non-hydrogen) atoms. The molecule has 0 aliphatic carbocycles. The quantitative estimate of drug-likeness (QED) is 0.346. The monoisotopic (exact) mass is 414 g/mol. The van der Waals surface area contributed by atoms with Gasteiger partial charge < -0.3 is 9.47 Å². The van der Waals surface area contributed by atoms with Crippen LogP contribution in [0.1, 0.15) is 23.0 Å². The Kier molecular flexibility index (Phi) is 5.93. The topological polar surface area (TPSA) is 88.6 Å². The number of carbonyl (C=O) groups is 1. The molecule has 0 aliphatic heterocycles. The predicted octanol–water partition coefficient (Wildman–Crippen LogP) is 4.40. The van der Waals surface area contributed by atoms with Gasteiger partial charge in [-0.1, -0.05) is 30.3 Å². The van der Waals surface area contributed by atoms with Crippen LogP contribution in [0.5, 0.6) is 11.5 Å². The number of H-pyrrole nitrogens is 1. The maximum Gasteiger partial charge on any atom is 0.289 e. The molecule has 1 amide bonds. The van der Waals surface area contributed by atoms with Crippen LogP contribution in [0, 0.1) is 0 Å². The van der Waals surface area contributed by atoms with E-state index >= 15 is 0 Å². The molecule has 0 unspecified atom stereocenters. The summed E-state index contributed by atoms with van der Waals surface area (Å²) >= 11 is 0. The number of aromatic amines is 1. The maximum atomic E-state index is 12.5. The minimum atomic E-state index is -0.389. The summed E-state index contributed by atoms with van der Waals surface area (Å²) < 4.78 is 10.9. The smallest absolute Gasteiger partial charge is 0.289 e. The Morgan fingerprint density at radius 3 is 2.71 bits per heavy atom. The first-order chi connectivity index (χ1) is 15.2. The normalized spacial score (nSPS) is 11.0. The molecule has 4 aromatic rings. The van der Waals surface area contributed by atoms with Crippen LogP contribution in [0.4, 0.5) is 0 Å². The second-order valence-electron chi connectivity index (χ2n) is 6.73. The Hall–Kier alpha value is -4.13. The third-order valence-electron chi connectivity index (χ3n) is 4.76. The number of amides is 1. The van der Waals surface area contributed by atoms with Gasteiger partial charge in [-0.3, -0.25) is 9.89 Å². The molecule has 0 aliphatic rings. The van der Waals surface area contributed by atoms with Gasteiger partial charge in [-0.25, -0.2) is 5.43 Å². The molecule has 7 heteroatoms. The Labute approximate surface area is 179 Å². The number of aromatic nitrogens is 2. The first kappa shape index (κ1) is 20.2. The number of methoxy groups -OCH3 is 1. The Bertz CT molecular complexity index is 1230. The predicted molar refractivity (Wildman–Crippen MR) is 121 cm³/mol. The zero-order chi connectivity index (χ0) is 21.6. The fourth-order valence-electron chi connectivity index (χ4n) is 3.29. The maximum absolute atomic E-state index is 12.5. The van der Waals surface area contributed by atoms with Gasteiger partial charge in [-0.05, 0) is 59.7 Å². The van der Waals surface area contributed by atoms with Crippen LogP contribution < -0.4 is 14.9 Å². The number of hydrogen-bond acceptors (Lipinski definition) is 5.